The fraction of sp³-hybridized carbons (Fsp3) is 0.333. The van der Waals surface area contributed by atoms with Crippen LogP contribution in [0.5, 0.6) is 0 Å². The van der Waals surface area contributed by atoms with Crippen molar-refractivity contribution < 1.29 is 0 Å². The molecule has 1 aromatic heterocycles. The van der Waals surface area contributed by atoms with E-state index in [2.05, 4.69) is 58.9 Å². The lowest BCUT2D eigenvalue weighted by Gasteiger charge is -2.32. The molecule has 22 heavy (non-hydrogen) atoms. The van der Waals surface area contributed by atoms with Gasteiger partial charge in [0.25, 0.3) is 0 Å². The average molecular weight is 311 g/mol. The molecule has 3 rings (SSSR count). The lowest BCUT2D eigenvalue weighted by atomic mass is 9.89. The number of nitrogens with one attached hydrogen (secondary N) is 2. The van der Waals surface area contributed by atoms with Crippen molar-refractivity contribution in [3.05, 3.63) is 59.9 Å². The third-order valence-electron chi connectivity index (χ3n) is 4.35. The molecule has 0 spiro atoms. The quantitative estimate of drug-likeness (QED) is 0.835. The highest BCUT2D eigenvalue weighted by molar-refractivity contribution is 7.80. The Morgan fingerprint density at radius 2 is 1.68 bits per heavy atom. The summed E-state index contributed by atoms with van der Waals surface area (Å²) in [6, 6.07) is 12.5. The molecular weight excluding hydrogens is 290 g/mol. The van der Waals surface area contributed by atoms with Gasteiger partial charge in [0.15, 0.2) is 5.11 Å². The van der Waals surface area contributed by atoms with Crippen LogP contribution in [0.15, 0.2) is 48.8 Å². The van der Waals surface area contributed by atoms with E-state index in [-0.39, 0.29) is 5.54 Å². The number of hydrogen-bond acceptors (Lipinski definition) is 2. The van der Waals surface area contributed by atoms with Crippen LogP contribution in [0.25, 0.3) is 0 Å². The molecule has 1 aromatic carbocycles. The Hall–Kier alpha value is -1.94. The fourth-order valence-corrected chi connectivity index (χ4v) is 3.47. The molecule has 1 saturated carbocycles. The van der Waals surface area contributed by atoms with Gasteiger partial charge in [-0.1, -0.05) is 30.5 Å². The lowest BCUT2D eigenvalue weighted by molar-refractivity contribution is 0.408. The highest BCUT2D eigenvalue weighted by atomic mass is 32.1. The van der Waals surface area contributed by atoms with Crippen molar-refractivity contribution in [2.75, 3.05) is 5.32 Å². The van der Waals surface area contributed by atoms with Crippen molar-refractivity contribution in [2.45, 2.75) is 38.1 Å². The Bertz CT molecular complexity index is 631. The fourth-order valence-electron chi connectivity index (χ4n) is 3.15. The first-order valence-electron chi connectivity index (χ1n) is 7.74. The molecule has 3 nitrogen and oxygen atoms in total. The van der Waals surface area contributed by atoms with Gasteiger partial charge in [-0.05, 0) is 61.8 Å². The standard InChI is InChI=1S/C18H21N3S/c1-14-4-6-16(7-5-14)20-17(22)21-18(10-2-3-11-18)15-8-12-19-13-9-15/h4-9,12-13H,2-3,10-11H2,1H3,(H2,20,21,22). The monoisotopic (exact) mass is 311 g/mol. The van der Waals surface area contributed by atoms with Gasteiger partial charge in [0.05, 0.1) is 5.54 Å². The maximum atomic E-state index is 5.54. The second-order valence-electron chi connectivity index (χ2n) is 5.97. The summed E-state index contributed by atoms with van der Waals surface area (Å²) in [6.07, 6.45) is 8.37. The molecule has 0 saturated heterocycles. The van der Waals surface area contributed by atoms with E-state index in [1.54, 1.807) is 0 Å². The van der Waals surface area contributed by atoms with Crippen molar-refractivity contribution >= 4 is 23.0 Å². The molecule has 1 fully saturated rings. The SMILES string of the molecule is Cc1ccc(NC(=S)NC2(c3ccncc3)CCCC2)cc1. The minimum atomic E-state index is -0.0578. The van der Waals surface area contributed by atoms with Crippen LogP contribution in [-0.4, -0.2) is 10.1 Å². The molecule has 0 aliphatic heterocycles. The van der Waals surface area contributed by atoms with Gasteiger partial charge in [0, 0.05) is 18.1 Å². The summed E-state index contributed by atoms with van der Waals surface area (Å²) in [7, 11) is 0. The molecule has 1 aliphatic rings. The van der Waals surface area contributed by atoms with E-state index in [1.807, 2.05) is 12.4 Å². The number of anilines is 1. The molecule has 0 bridgehead atoms. The van der Waals surface area contributed by atoms with Crippen LogP contribution in [0.1, 0.15) is 36.8 Å². The van der Waals surface area contributed by atoms with Crippen molar-refractivity contribution in [3.63, 3.8) is 0 Å². The zero-order valence-corrected chi connectivity index (χ0v) is 13.6. The van der Waals surface area contributed by atoms with Crippen LogP contribution in [-0.2, 0) is 5.54 Å². The zero-order valence-electron chi connectivity index (χ0n) is 12.8. The summed E-state index contributed by atoms with van der Waals surface area (Å²) in [5.74, 6) is 0. The minimum Gasteiger partial charge on any atom is -0.353 e. The summed E-state index contributed by atoms with van der Waals surface area (Å²) in [6.45, 7) is 2.08. The highest BCUT2D eigenvalue weighted by Crippen LogP contribution is 2.38. The Balaban J connectivity index is 1.74. The summed E-state index contributed by atoms with van der Waals surface area (Å²) in [5, 5.41) is 7.54. The number of aryl methyl sites for hydroxylation is 1. The molecule has 2 aromatic rings. The van der Waals surface area contributed by atoms with Crippen molar-refractivity contribution in [1.82, 2.24) is 10.3 Å². The number of pyridine rings is 1. The van der Waals surface area contributed by atoms with E-state index in [1.165, 1.54) is 24.0 Å². The molecule has 0 atom stereocenters. The Labute approximate surface area is 137 Å². The van der Waals surface area contributed by atoms with Crippen LogP contribution in [0.2, 0.25) is 0 Å². The largest absolute Gasteiger partial charge is 0.353 e. The van der Waals surface area contributed by atoms with E-state index >= 15 is 0 Å². The normalized spacial score (nSPS) is 16.2. The van der Waals surface area contributed by atoms with Crippen molar-refractivity contribution in [1.29, 1.82) is 0 Å². The van der Waals surface area contributed by atoms with Crippen LogP contribution in [0.4, 0.5) is 5.69 Å². The van der Waals surface area contributed by atoms with Crippen LogP contribution in [0, 0.1) is 6.92 Å². The maximum Gasteiger partial charge on any atom is 0.171 e. The first-order chi connectivity index (χ1) is 10.7. The van der Waals surface area contributed by atoms with Gasteiger partial charge in [-0.25, -0.2) is 0 Å². The molecule has 0 amide bonds. The van der Waals surface area contributed by atoms with Crippen LogP contribution < -0.4 is 10.6 Å². The number of aromatic nitrogens is 1. The average Bonchev–Trinajstić information content (AvgIpc) is 3.00. The van der Waals surface area contributed by atoms with Gasteiger partial charge in [-0.2, -0.15) is 0 Å². The molecule has 114 valence electrons. The van der Waals surface area contributed by atoms with Gasteiger partial charge in [0.1, 0.15) is 0 Å². The number of hydrogen-bond donors (Lipinski definition) is 2. The molecule has 0 unspecified atom stereocenters. The van der Waals surface area contributed by atoms with Crippen molar-refractivity contribution in [3.8, 4) is 0 Å². The second-order valence-corrected chi connectivity index (χ2v) is 6.38. The third-order valence-corrected chi connectivity index (χ3v) is 4.56. The van der Waals surface area contributed by atoms with Gasteiger partial charge < -0.3 is 10.6 Å². The van der Waals surface area contributed by atoms with Crippen molar-refractivity contribution in [2.24, 2.45) is 0 Å². The van der Waals surface area contributed by atoms with E-state index in [4.69, 9.17) is 12.2 Å². The van der Waals surface area contributed by atoms with E-state index in [0.29, 0.717) is 5.11 Å². The third kappa shape index (κ3) is 3.28. The van der Waals surface area contributed by atoms with E-state index in [9.17, 15) is 0 Å². The Kier molecular flexibility index (Phi) is 4.39. The Morgan fingerprint density at radius 1 is 1.05 bits per heavy atom. The highest BCUT2D eigenvalue weighted by Gasteiger charge is 2.36. The van der Waals surface area contributed by atoms with Gasteiger partial charge in [-0.15, -0.1) is 0 Å². The van der Waals surface area contributed by atoms with Crippen LogP contribution in [0.3, 0.4) is 0 Å². The molecule has 4 heteroatoms. The molecule has 0 radical (unpaired) electrons. The first-order valence-corrected chi connectivity index (χ1v) is 8.15. The molecule has 2 N–H and O–H groups in total. The Morgan fingerprint density at radius 3 is 2.32 bits per heavy atom. The molecule has 1 heterocycles. The van der Waals surface area contributed by atoms with E-state index < -0.39 is 0 Å². The number of rotatable bonds is 3. The van der Waals surface area contributed by atoms with Gasteiger partial charge in [-0.3, -0.25) is 4.98 Å². The minimum absolute atomic E-state index is 0.0578. The van der Waals surface area contributed by atoms with Crippen LogP contribution >= 0.6 is 12.2 Å². The molecular formula is C18H21N3S. The lowest BCUT2D eigenvalue weighted by Crippen LogP contribution is -2.45. The zero-order chi connectivity index (χ0) is 15.4. The first kappa shape index (κ1) is 15.0. The van der Waals surface area contributed by atoms with E-state index in [0.717, 1.165) is 18.5 Å². The second kappa shape index (κ2) is 6.44. The molecule has 1 aliphatic carbocycles. The van der Waals surface area contributed by atoms with Gasteiger partial charge >= 0.3 is 0 Å². The summed E-state index contributed by atoms with van der Waals surface area (Å²) >= 11 is 5.54. The smallest absolute Gasteiger partial charge is 0.171 e. The summed E-state index contributed by atoms with van der Waals surface area (Å²) in [5.41, 5.74) is 3.48. The summed E-state index contributed by atoms with van der Waals surface area (Å²) in [4.78, 5) is 4.13. The topological polar surface area (TPSA) is 37.0 Å². The summed E-state index contributed by atoms with van der Waals surface area (Å²) < 4.78 is 0. The predicted molar refractivity (Wildman–Crippen MR) is 94.9 cm³/mol. The predicted octanol–water partition coefficient (Wildman–Crippen LogP) is 4.15. The van der Waals surface area contributed by atoms with Gasteiger partial charge in [0.2, 0.25) is 0 Å². The number of benzene rings is 1. The maximum absolute atomic E-state index is 5.54. The number of nitrogens with zero attached hydrogens (tertiary/aromatic N) is 1. The number of thiocarbonyl (C=S) groups is 1.